The zero-order valence-electron chi connectivity index (χ0n) is 13.0. The van der Waals surface area contributed by atoms with Gasteiger partial charge in [0.2, 0.25) is 0 Å². The molecule has 2 aromatic rings. The minimum Gasteiger partial charge on any atom is -0.369 e. The highest BCUT2D eigenvalue weighted by atomic mass is 79.9. The summed E-state index contributed by atoms with van der Waals surface area (Å²) in [5.41, 5.74) is 1.78. The van der Waals surface area contributed by atoms with Gasteiger partial charge in [-0.1, -0.05) is 15.9 Å². The molecule has 0 N–H and O–H groups in total. The Morgan fingerprint density at radius 2 is 2.26 bits per heavy atom. The Kier molecular flexibility index (Phi) is 4.77. The molecule has 0 aliphatic carbocycles. The van der Waals surface area contributed by atoms with Gasteiger partial charge in [-0.2, -0.15) is 5.26 Å². The van der Waals surface area contributed by atoms with Crippen LogP contribution >= 0.6 is 15.9 Å². The minimum absolute atomic E-state index is 0.392. The lowest BCUT2D eigenvalue weighted by Gasteiger charge is -2.39. The number of piperidine rings is 1. The van der Waals surface area contributed by atoms with Crippen molar-refractivity contribution in [3.63, 3.8) is 0 Å². The summed E-state index contributed by atoms with van der Waals surface area (Å²) in [6.07, 6.45) is 5.61. The Morgan fingerprint density at radius 3 is 3.00 bits per heavy atom. The van der Waals surface area contributed by atoms with E-state index in [0.717, 1.165) is 41.9 Å². The van der Waals surface area contributed by atoms with Crippen LogP contribution in [0.3, 0.4) is 0 Å². The number of anilines is 2. The van der Waals surface area contributed by atoms with Crippen molar-refractivity contribution in [3.05, 3.63) is 46.8 Å². The van der Waals surface area contributed by atoms with Gasteiger partial charge in [0.15, 0.2) is 0 Å². The van der Waals surface area contributed by atoms with Crippen LogP contribution in [0.5, 0.6) is 0 Å². The monoisotopic (exact) mass is 371 g/mol. The summed E-state index contributed by atoms with van der Waals surface area (Å²) in [6, 6.07) is 10.4. The van der Waals surface area contributed by atoms with Crippen LogP contribution < -0.4 is 9.80 Å². The molecule has 3 rings (SSSR count). The summed E-state index contributed by atoms with van der Waals surface area (Å²) in [5, 5.41) is 9.16. The number of nitriles is 1. The zero-order valence-corrected chi connectivity index (χ0v) is 14.6. The molecule has 1 aliphatic rings. The number of benzene rings is 1. The fourth-order valence-electron chi connectivity index (χ4n) is 3.01. The van der Waals surface area contributed by atoms with E-state index in [1.54, 1.807) is 12.5 Å². The van der Waals surface area contributed by atoms with E-state index >= 15 is 0 Å². The molecule has 5 nitrogen and oxygen atoms in total. The lowest BCUT2D eigenvalue weighted by atomic mass is 10.0. The second-order valence-corrected chi connectivity index (χ2v) is 6.65. The standard InChI is InChI=1S/C17H18BrN5/c1-22(17-4-5-20-12-21-17)15-3-2-6-23(11-15)16-8-13(10-19)7-14(18)9-16/h4-5,7-9,12,15H,2-3,6,11H2,1H3. The number of halogens is 1. The van der Waals surface area contributed by atoms with Gasteiger partial charge < -0.3 is 9.80 Å². The number of rotatable bonds is 3. The Bertz CT molecular complexity index is 713. The van der Waals surface area contributed by atoms with Crippen molar-refractivity contribution in [1.82, 2.24) is 9.97 Å². The lowest BCUT2D eigenvalue weighted by Crippen LogP contribution is -2.47. The maximum absolute atomic E-state index is 9.16. The van der Waals surface area contributed by atoms with Gasteiger partial charge in [0.05, 0.1) is 11.6 Å². The van der Waals surface area contributed by atoms with Crippen molar-refractivity contribution in [2.45, 2.75) is 18.9 Å². The molecule has 6 heteroatoms. The average molecular weight is 372 g/mol. The molecule has 118 valence electrons. The minimum atomic E-state index is 0.392. The van der Waals surface area contributed by atoms with Crippen LogP contribution in [0.25, 0.3) is 0 Å². The topological polar surface area (TPSA) is 56.1 Å². The van der Waals surface area contributed by atoms with E-state index in [2.05, 4.69) is 54.9 Å². The maximum atomic E-state index is 9.16. The number of hydrogen-bond donors (Lipinski definition) is 0. The number of likely N-dealkylation sites (N-methyl/N-ethyl adjacent to an activating group) is 1. The summed E-state index contributed by atoms with van der Waals surface area (Å²) in [6.45, 7) is 1.93. The molecule has 0 spiro atoms. The summed E-state index contributed by atoms with van der Waals surface area (Å²) < 4.78 is 0.942. The van der Waals surface area contributed by atoms with Crippen LogP contribution in [0.15, 0.2) is 41.3 Å². The molecule has 0 radical (unpaired) electrons. The normalized spacial score (nSPS) is 17.6. The van der Waals surface area contributed by atoms with Crippen molar-refractivity contribution < 1.29 is 0 Å². The average Bonchev–Trinajstić information content (AvgIpc) is 2.61. The van der Waals surface area contributed by atoms with Gasteiger partial charge in [-0.25, -0.2) is 9.97 Å². The SMILES string of the molecule is CN(c1ccncn1)C1CCCN(c2cc(Br)cc(C#N)c2)C1. The van der Waals surface area contributed by atoms with Gasteiger partial charge in [0.1, 0.15) is 12.1 Å². The fraction of sp³-hybridized carbons (Fsp3) is 0.353. The zero-order chi connectivity index (χ0) is 16.2. The van der Waals surface area contributed by atoms with Gasteiger partial charge in [0.25, 0.3) is 0 Å². The largest absolute Gasteiger partial charge is 0.369 e. The van der Waals surface area contributed by atoms with Crippen molar-refractivity contribution in [2.75, 3.05) is 29.9 Å². The Hall–Kier alpha value is -2.13. The first-order valence-electron chi connectivity index (χ1n) is 7.62. The molecule has 0 amide bonds. The first-order valence-corrected chi connectivity index (χ1v) is 8.41. The second kappa shape index (κ2) is 6.97. The van der Waals surface area contributed by atoms with E-state index in [4.69, 9.17) is 5.26 Å². The lowest BCUT2D eigenvalue weighted by molar-refractivity contribution is 0.486. The fourth-order valence-corrected chi connectivity index (χ4v) is 3.49. The third-order valence-electron chi connectivity index (χ3n) is 4.25. The number of nitrogens with zero attached hydrogens (tertiary/aromatic N) is 5. The van der Waals surface area contributed by atoms with Gasteiger partial charge in [0, 0.05) is 42.5 Å². The molecular formula is C17H18BrN5. The second-order valence-electron chi connectivity index (χ2n) is 5.73. The third-order valence-corrected chi connectivity index (χ3v) is 4.71. The number of aromatic nitrogens is 2. The molecule has 1 fully saturated rings. The first kappa shape index (κ1) is 15.8. The van der Waals surface area contributed by atoms with Crippen LogP contribution in [-0.4, -0.2) is 36.1 Å². The van der Waals surface area contributed by atoms with E-state index in [-0.39, 0.29) is 0 Å². The molecule has 1 aromatic heterocycles. The van der Waals surface area contributed by atoms with Crippen LogP contribution in [0, 0.1) is 11.3 Å². The summed E-state index contributed by atoms with van der Waals surface area (Å²) >= 11 is 3.50. The van der Waals surface area contributed by atoms with Crippen molar-refractivity contribution in [1.29, 1.82) is 5.26 Å². The highest BCUT2D eigenvalue weighted by Gasteiger charge is 2.24. The first-order chi connectivity index (χ1) is 11.2. The van der Waals surface area contributed by atoms with Gasteiger partial charge in [-0.05, 0) is 37.1 Å². The number of hydrogen-bond acceptors (Lipinski definition) is 5. The van der Waals surface area contributed by atoms with Gasteiger partial charge in [-0.15, -0.1) is 0 Å². The molecule has 1 aliphatic heterocycles. The van der Waals surface area contributed by atoms with E-state index in [9.17, 15) is 0 Å². The molecule has 23 heavy (non-hydrogen) atoms. The van der Waals surface area contributed by atoms with E-state index in [0.29, 0.717) is 11.6 Å². The molecule has 1 saturated heterocycles. The van der Waals surface area contributed by atoms with Crippen molar-refractivity contribution in [2.24, 2.45) is 0 Å². The predicted molar refractivity (Wildman–Crippen MR) is 94.5 cm³/mol. The van der Waals surface area contributed by atoms with Gasteiger partial charge >= 0.3 is 0 Å². The Labute approximate surface area is 144 Å². The van der Waals surface area contributed by atoms with Crippen molar-refractivity contribution in [3.8, 4) is 6.07 Å². The van der Waals surface area contributed by atoms with Gasteiger partial charge in [-0.3, -0.25) is 0 Å². The highest BCUT2D eigenvalue weighted by molar-refractivity contribution is 9.10. The Morgan fingerprint density at radius 1 is 1.39 bits per heavy atom. The van der Waals surface area contributed by atoms with Crippen molar-refractivity contribution >= 4 is 27.4 Å². The molecule has 1 unspecified atom stereocenters. The highest BCUT2D eigenvalue weighted by Crippen LogP contribution is 2.27. The van der Waals surface area contributed by atoms with E-state index < -0.39 is 0 Å². The molecule has 0 bridgehead atoms. The van der Waals surface area contributed by atoms with E-state index in [1.807, 2.05) is 18.2 Å². The maximum Gasteiger partial charge on any atom is 0.131 e. The summed E-state index contributed by atoms with van der Waals surface area (Å²) in [5.74, 6) is 0.943. The third kappa shape index (κ3) is 3.62. The molecule has 1 aromatic carbocycles. The molecule has 1 atom stereocenters. The van der Waals surface area contributed by atoms with Crippen LogP contribution in [0.4, 0.5) is 11.5 Å². The molecule has 0 saturated carbocycles. The van der Waals surface area contributed by atoms with Crippen LogP contribution in [0.1, 0.15) is 18.4 Å². The molecule has 2 heterocycles. The smallest absolute Gasteiger partial charge is 0.131 e. The Balaban J connectivity index is 1.79. The molecular weight excluding hydrogens is 354 g/mol. The predicted octanol–water partition coefficient (Wildman–Crippen LogP) is 3.22. The van der Waals surface area contributed by atoms with Crippen LogP contribution in [-0.2, 0) is 0 Å². The van der Waals surface area contributed by atoms with E-state index in [1.165, 1.54) is 0 Å². The summed E-state index contributed by atoms with van der Waals surface area (Å²) in [4.78, 5) is 12.9. The summed E-state index contributed by atoms with van der Waals surface area (Å²) in [7, 11) is 2.08. The van der Waals surface area contributed by atoms with Crippen LogP contribution in [0.2, 0.25) is 0 Å². The quantitative estimate of drug-likeness (QED) is 0.828.